The average Bonchev–Trinajstić information content (AvgIpc) is 2.41. The molecule has 2 rings (SSSR count). The van der Waals surface area contributed by atoms with E-state index in [4.69, 9.17) is 4.98 Å². The fourth-order valence-corrected chi connectivity index (χ4v) is 3.57. The summed E-state index contributed by atoms with van der Waals surface area (Å²) in [5.74, 6) is 1.07. The fraction of sp³-hybridized carbons (Fsp3) is 0.333. The molecular formula is C15H16BrFIN3. The van der Waals surface area contributed by atoms with E-state index in [2.05, 4.69) is 69.6 Å². The highest BCUT2D eigenvalue weighted by molar-refractivity contribution is 14.1. The van der Waals surface area contributed by atoms with Crippen molar-refractivity contribution in [2.75, 3.05) is 12.4 Å². The number of aromatic nitrogens is 2. The first-order chi connectivity index (χ1) is 9.74. The molecule has 112 valence electrons. The van der Waals surface area contributed by atoms with Crippen LogP contribution in [-0.2, 0) is 5.41 Å². The molecule has 0 atom stereocenters. The molecule has 1 heterocycles. The summed E-state index contributed by atoms with van der Waals surface area (Å²) in [5, 5.41) is 3.10. The Bertz CT molecular complexity index is 683. The smallest absolute Gasteiger partial charge is 0.161 e. The van der Waals surface area contributed by atoms with E-state index in [-0.39, 0.29) is 11.2 Å². The van der Waals surface area contributed by atoms with Gasteiger partial charge < -0.3 is 5.32 Å². The Balaban J connectivity index is 2.66. The molecule has 0 aliphatic carbocycles. The number of hydrogen-bond acceptors (Lipinski definition) is 3. The number of rotatable bonds is 2. The zero-order valence-electron chi connectivity index (χ0n) is 12.3. The van der Waals surface area contributed by atoms with Crippen molar-refractivity contribution in [3.63, 3.8) is 0 Å². The molecule has 0 aliphatic heterocycles. The van der Waals surface area contributed by atoms with Crippen LogP contribution >= 0.6 is 38.5 Å². The Labute approximate surface area is 146 Å². The van der Waals surface area contributed by atoms with Crippen molar-refractivity contribution in [3.05, 3.63) is 37.8 Å². The molecular weight excluding hydrogens is 448 g/mol. The van der Waals surface area contributed by atoms with Gasteiger partial charge in [0.15, 0.2) is 5.82 Å². The lowest BCUT2D eigenvalue weighted by Crippen LogP contribution is -2.18. The summed E-state index contributed by atoms with van der Waals surface area (Å²) >= 11 is 5.46. The fourth-order valence-electron chi connectivity index (χ4n) is 1.87. The molecule has 6 heteroatoms. The van der Waals surface area contributed by atoms with E-state index < -0.39 is 0 Å². The molecule has 2 aromatic rings. The minimum atomic E-state index is -0.297. The van der Waals surface area contributed by atoms with Gasteiger partial charge in [-0.3, -0.25) is 0 Å². The molecule has 0 bridgehead atoms. The summed E-state index contributed by atoms with van der Waals surface area (Å²) in [7, 11) is 1.83. The highest BCUT2D eigenvalue weighted by atomic mass is 127. The second-order valence-corrected chi connectivity index (χ2v) is 7.62. The Hall–Kier alpha value is -0.760. The maximum absolute atomic E-state index is 13.4. The third-order valence-electron chi connectivity index (χ3n) is 2.98. The lowest BCUT2D eigenvalue weighted by Gasteiger charge is -2.21. The van der Waals surface area contributed by atoms with Crippen LogP contribution in [-0.4, -0.2) is 17.0 Å². The number of nitrogens with one attached hydrogen (secondary N) is 1. The van der Waals surface area contributed by atoms with Crippen molar-refractivity contribution in [1.29, 1.82) is 0 Å². The van der Waals surface area contributed by atoms with Gasteiger partial charge in [-0.2, -0.15) is 0 Å². The van der Waals surface area contributed by atoms with Gasteiger partial charge in [0, 0.05) is 18.0 Å². The topological polar surface area (TPSA) is 37.8 Å². The Morgan fingerprint density at radius 2 is 1.90 bits per heavy atom. The molecule has 0 amide bonds. The number of benzene rings is 1. The van der Waals surface area contributed by atoms with Crippen molar-refractivity contribution in [2.24, 2.45) is 0 Å². The molecule has 1 aromatic heterocycles. The first-order valence-corrected chi connectivity index (χ1v) is 8.32. The van der Waals surface area contributed by atoms with E-state index in [1.54, 1.807) is 12.1 Å². The van der Waals surface area contributed by atoms with Gasteiger partial charge in [0.2, 0.25) is 0 Å². The molecule has 3 nitrogen and oxygen atoms in total. The van der Waals surface area contributed by atoms with Crippen molar-refractivity contribution >= 4 is 44.3 Å². The van der Waals surface area contributed by atoms with Gasteiger partial charge in [0.1, 0.15) is 11.6 Å². The SMILES string of the molecule is CNc1nc(-c2ccc(F)c(Br)c2)nc(C(C)(C)C)c1I. The maximum atomic E-state index is 13.4. The highest BCUT2D eigenvalue weighted by Gasteiger charge is 2.23. The van der Waals surface area contributed by atoms with E-state index in [1.807, 2.05) is 7.05 Å². The molecule has 0 saturated carbocycles. The van der Waals surface area contributed by atoms with Gasteiger partial charge in [-0.15, -0.1) is 0 Å². The molecule has 1 aromatic carbocycles. The van der Waals surface area contributed by atoms with Crippen LogP contribution in [0.15, 0.2) is 22.7 Å². The summed E-state index contributed by atoms with van der Waals surface area (Å²) in [6.45, 7) is 6.34. The van der Waals surface area contributed by atoms with E-state index >= 15 is 0 Å². The molecule has 0 spiro atoms. The molecule has 0 fully saturated rings. The van der Waals surface area contributed by atoms with Crippen LogP contribution in [0.1, 0.15) is 26.5 Å². The minimum Gasteiger partial charge on any atom is -0.372 e. The number of anilines is 1. The maximum Gasteiger partial charge on any atom is 0.161 e. The summed E-state index contributed by atoms with van der Waals surface area (Å²) in [6, 6.07) is 4.80. The average molecular weight is 464 g/mol. The predicted octanol–water partition coefficient (Wildman–Crippen LogP) is 4.99. The van der Waals surface area contributed by atoms with Gasteiger partial charge in [-0.05, 0) is 56.7 Å². The molecule has 1 N–H and O–H groups in total. The van der Waals surface area contributed by atoms with Crippen LogP contribution in [0.4, 0.5) is 10.2 Å². The molecule has 21 heavy (non-hydrogen) atoms. The molecule has 0 unspecified atom stereocenters. The first-order valence-electron chi connectivity index (χ1n) is 6.45. The van der Waals surface area contributed by atoms with Crippen LogP contribution in [0, 0.1) is 9.39 Å². The Morgan fingerprint density at radius 1 is 1.24 bits per heavy atom. The zero-order chi connectivity index (χ0) is 15.8. The second kappa shape index (κ2) is 6.16. The van der Waals surface area contributed by atoms with Crippen molar-refractivity contribution in [2.45, 2.75) is 26.2 Å². The van der Waals surface area contributed by atoms with Crippen LogP contribution < -0.4 is 5.32 Å². The summed E-state index contributed by atoms with van der Waals surface area (Å²) in [5.41, 5.74) is 1.65. The van der Waals surface area contributed by atoms with Crippen molar-refractivity contribution in [3.8, 4) is 11.4 Å². The largest absolute Gasteiger partial charge is 0.372 e. The van der Waals surface area contributed by atoms with Gasteiger partial charge >= 0.3 is 0 Å². The van der Waals surface area contributed by atoms with Gasteiger partial charge in [0.05, 0.1) is 13.7 Å². The van der Waals surface area contributed by atoms with Gasteiger partial charge in [0.25, 0.3) is 0 Å². The summed E-state index contributed by atoms with van der Waals surface area (Å²) < 4.78 is 14.8. The highest BCUT2D eigenvalue weighted by Crippen LogP contribution is 2.32. The number of nitrogens with zero attached hydrogens (tertiary/aromatic N) is 2. The normalized spacial score (nSPS) is 11.6. The van der Waals surface area contributed by atoms with E-state index in [0.717, 1.165) is 20.6 Å². The quantitative estimate of drug-likeness (QED) is 0.637. The van der Waals surface area contributed by atoms with Crippen molar-refractivity contribution in [1.82, 2.24) is 9.97 Å². The molecule has 0 saturated heterocycles. The standard InChI is InChI=1S/C15H16BrFIN3/c1-15(2,3)12-11(18)14(19-4)21-13(20-12)8-5-6-10(17)9(16)7-8/h5-7H,1-4H3,(H,19,20,21). The monoisotopic (exact) mass is 463 g/mol. The minimum absolute atomic E-state index is 0.100. The third kappa shape index (κ3) is 3.53. The van der Waals surface area contributed by atoms with Gasteiger partial charge in [-0.1, -0.05) is 20.8 Å². The van der Waals surface area contributed by atoms with Crippen molar-refractivity contribution < 1.29 is 4.39 Å². The lowest BCUT2D eigenvalue weighted by molar-refractivity contribution is 0.564. The Morgan fingerprint density at radius 3 is 2.43 bits per heavy atom. The predicted molar refractivity (Wildman–Crippen MR) is 96.1 cm³/mol. The third-order valence-corrected chi connectivity index (χ3v) is 4.61. The number of hydrogen-bond donors (Lipinski definition) is 1. The van der Waals surface area contributed by atoms with Gasteiger partial charge in [-0.25, -0.2) is 14.4 Å². The number of halogens is 3. The van der Waals surface area contributed by atoms with Crippen LogP contribution in [0.25, 0.3) is 11.4 Å². The second-order valence-electron chi connectivity index (χ2n) is 5.69. The van der Waals surface area contributed by atoms with E-state index in [0.29, 0.717) is 10.3 Å². The molecule has 0 radical (unpaired) electrons. The van der Waals surface area contributed by atoms with Crippen LogP contribution in [0.2, 0.25) is 0 Å². The first kappa shape index (κ1) is 16.6. The zero-order valence-corrected chi connectivity index (χ0v) is 16.0. The Kier molecular flexibility index (Phi) is 4.87. The van der Waals surface area contributed by atoms with E-state index in [9.17, 15) is 4.39 Å². The van der Waals surface area contributed by atoms with Crippen LogP contribution in [0.5, 0.6) is 0 Å². The van der Waals surface area contributed by atoms with Crippen LogP contribution in [0.3, 0.4) is 0 Å². The summed E-state index contributed by atoms with van der Waals surface area (Å²) in [4.78, 5) is 9.22. The van der Waals surface area contributed by atoms with E-state index in [1.165, 1.54) is 6.07 Å². The lowest BCUT2D eigenvalue weighted by atomic mass is 9.91. The molecule has 0 aliphatic rings. The summed E-state index contributed by atoms with van der Waals surface area (Å²) in [6.07, 6.45) is 0.